The van der Waals surface area contributed by atoms with Crippen LogP contribution < -0.4 is 41.0 Å². The maximum atomic E-state index is 12.7. The van der Waals surface area contributed by atoms with Gasteiger partial charge < -0.3 is 78.9 Å². The standard InChI is InChI=1S/C32H44N7O20P3S/c1-32(2,26(45)29(46)35-9-8-20(40)34-10-11-63-31(47)18(12-21(41)42)23(43)17-6-4-3-5-7-17)14-56-62(53,54)59-61(51,52)55-13-19-25(58-60(48,49)50)24(44)30(57-19)39-16-38-22-27(33)36-15-37-28(22)39/h3-7,15-16,18-19,24-26,30,44-45H,8-14H2,1-2H3,(H,34,40)(H,35,46)(H,41,42)(H,51,52)(H,53,54)(H2,33,36,37)(H2,48,49,50)/p-5/t18?,19-,24-,25-,26+,30-/m1/s1. The highest BCUT2D eigenvalue weighted by atomic mass is 32.2. The molecule has 4 rings (SSSR count). The number of ketones is 1. The number of imidazole rings is 1. The highest BCUT2D eigenvalue weighted by molar-refractivity contribution is 8.13. The Bertz CT molecular complexity index is 2280. The highest BCUT2D eigenvalue weighted by Gasteiger charge is 2.47. The van der Waals surface area contributed by atoms with E-state index < -0.39 is 114 Å². The van der Waals surface area contributed by atoms with Crippen molar-refractivity contribution in [2.45, 2.75) is 57.3 Å². The number of aliphatic carboxylic acids is 1. The Morgan fingerprint density at radius 2 is 1.67 bits per heavy atom. The lowest BCUT2D eigenvalue weighted by molar-refractivity contribution is -0.347. The number of carboxylic acid groups (broad SMARTS) is 1. The quantitative estimate of drug-likeness (QED) is 0.0246. The summed E-state index contributed by atoms with van der Waals surface area (Å²) in [6, 6.07) is 7.57. The van der Waals surface area contributed by atoms with Crippen molar-refractivity contribution >= 4 is 80.9 Å². The average Bonchev–Trinajstić information content (AvgIpc) is 3.76. The molecule has 0 radical (unpaired) electrons. The molecule has 0 bridgehead atoms. The van der Waals surface area contributed by atoms with Crippen molar-refractivity contribution in [3.8, 4) is 0 Å². The van der Waals surface area contributed by atoms with Crippen molar-refractivity contribution in [3.63, 3.8) is 0 Å². The van der Waals surface area contributed by atoms with E-state index in [-0.39, 0.29) is 47.8 Å². The van der Waals surface area contributed by atoms with Crippen molar-refractivity contribution in [1.82, 2.24) is 30.2 Å². The number of nitrogen functional groups attached to an aromatic ring is 1. The molecule has 3 aromatic rings. The Morgan fingerprint density at radius 3 is 2.32 bits per heavy atom. The molecule has 0 spiro atoms. The number of aromatic nitrogens is 4. The first-order valence-electron chi connectivity index (χ1n) is 18.1. The van der Waals surface area contributed by atoms with Gasteiger partial charge in [0.25, 0.3) is 15.6 Å². The molecule has 2 aromatic heterocycles. The molecule has 1 aromatic carbocycles. The second-order valence-electron chi connectivity index (χ2n) is 14.0. The van der Waals surface area contributed by atoms with Gasteiger partial charge in [-0.05, 0) is 0 Å². The van der Waals surface area contributed by atoms with Gasteiger partial charge in [-0.15, -0.1) is 0 Å². The number of nitrogens with zero attached hydrogens (tertiary/aromatic N) is 4. The maximum absolute atomic E-state index is 12.7. The summed E-state index contributed by atoms with van der Waals surface area (Å²) in [4.78, 5) is 121. The van der Waals surface area contributed by atoms with E-state index in [1.165, 1.54) is 12.1 Å². The number of benzene rings is 1. The van der Waals surface area contributed by atoms with Crippen LogP contribution in [0.2, 0.25) is 0 Å². The average molecular weight is 967 g/mol. The fourth-order valence-corrected chi connectivity index (χ4v) is 9.15. The van der Waals surface area contributed by atoms with Gasteiger partial charge >= 0.3 is 0 Å². The molecular formula is C32H39N7O20P3S-5. The van der Waals surface area contributed by atoms with Crippen LogP contribution in [0.1, 0.15) is 43.3 Å². The van der Waals surface area contributed by atoms with Crippen LogP contribution in [0.5, 0.6) is 0 Å². The number of thioether (sulfide) groups is 1. The number of Topliss-reactive ketones (excluding diaryl/α,β-unsaturated/α-hetero) is 1. The van der Waals surface area contributed by atoms with Gasteiger partial charge in [0.1, 0.15) is 36.3 Å². The molecule has 2 amide bonds. The van der Waals surface area contributed by atoms with Gasteiger partial charge in [0.15, 0.2) is 28.6 Å². The van der Waals surface area contributed by atoms with Gasteiger partial charge in [0.05, 0.1) is 33.3 Å². The number of nitrogens with two attached hydrogens (primary N) is 1. The Balaban J connectivity index is 1.21. The summed E-state index contributed by atoms with van der Waals surface area (Å²) < 4.78 is 60.5. The van der Waals surface area contributed by atoms with Crippen molar-refractivity contribution < 1.29 is 95.2 Å². The number of carbonyl (C=O) groups excluding carboxylic acids is 5. The van der Waals surface area contributed by atoms with Gasteiger partial charge in [0.2, 0.25) is 11.8 Å². The van der Waals surface area contributed by atoms with Gasteiger partial charge in [-0.2, -0.15) is 0 Å². The largest absolute Gasteiger partial charge is 0.790 e. The second kappa shape index (κ2) is 21.7. The minimum Gasteiger partial charge on any atom is -0.790 e. The van der Waals surface area contributed by atoms with E-state index >= 15 is 0 Å². The lowest BCUT2D eigenvalue weighted by atomic mass is 9.87. The van der Waals surface area contributed by atoms with Gasteiger partial charge in [-0.25, -0.2) is 19.3 Å². The summed E-state index contributed by atoms with van der Waals surface area (Å²) in [5.41, 5.74) is 4.08. The van der Waals surface area contributed by atoms with Gasteiger partial charge in [-0.1, -0.05) is 55.9 Å². The van der Waals surface area contributed by atoms with Crippen LogP contribution in [0.25, 0.3) is 11.2 Å². The van der Waals surface area contributed by atoms with E-state index in [0.29, 0.717) is 11.8 Å². The fourth-order valence-electron chi connectivity index (χ4n) is 5.61. The summed E-state index contributed by atoms with van der Waals surface area (Å²) in [7, 11) is -17.7. The summed E-state index contributed by atoms with van der Waals surface area (Å²) in [6.45, 7) is -0.508. The molecule has 1 aliphatic heterocycles. The number of anilines is 1. The van der Waals surface area contributed by atoms with Crippen LogP contribution >= 0.6 is 35.2 Å². The molecule has 1 fully saturated rings. The molecule has 348 valence electrons. The lowest BCUT2D eigenvalue weighted by Gasteiger charge is -2.36. The Kier molecular flexibility index (Phi) is 17.8. The minimum atomic E-state index is -5.96. The normalized spacial score (nSPS) is 20.9. The van der Waals surface area contributed by atoms with E-state index in [1.807, 2.05) is 0 Å². The molecule has 63 heavy (non-hydrogen) atoms. The molecule has 3 unspecified atom stereocenters. The summed E-state index contributed by atoms with van der Waals surface area (Å²) >= 11 is 0.620. The van der Waals surface area contributed by atoms with Crippen molar-refractivity contribution in [2.24, 2.45) is 11.3 Å². The summed E-state index contributed by atoms with van der Waals surface area (Å²) in [5, 5.41) is 36.5. The minimum absolute atomic E-state index is 0.0233. The zero-order valence-corrected chi connectivity index (χ0v) is 36.3. The number of aliphatic hydroxyl groups is 2. The van der Waals surface area contributed by atoms with Crippen molar-refractivity contribution in [2.75, 3.05) is 37.8 Å². The van der Waals surface area contributed by atoms with Gasteiger partial charge in [-0.3, -0.25) is 32.9 Å². The Morgan fingerprint density at radius 1 is 1.00 bits per heavy atom. The van der Waals surface area contributed by atoms with Crippen LogP contribution in [0, 0.1) is 11.3 Å². The lowest BCUT2D eigenvalue weighted by Crippen LogP contribution is -2.46. The number of ether oxygens (including phenoxy) is 1. The molecule has 0 saturated carbocycles. The SMILES string of the molecule is CC(C)(COP(=O)([O-])OP(=O)([O-])OC[C@H]1O[C@@H](n2cnc3c(N)ncnc32)[C@H](O)[C@@H]1OP(=O)([O-])[O-])[C@@H](O)C(=O)NCCC(=O)NCCSC(=O)C(CC(=O)[O-])C(=O)c1ccccc1. The van der Waals surface area contributed by atoms with E-state index in [0.717, 1.165) is 31.1 Å². The molecule has 1 aliphatic rings. The van der Waals surface area contributed by atoms with Crippen LogP contribution in [0.3, 0.4) is 0 Å². The third-order valence-corrected chi connectivity index (χ3v) is 12.7. The molecule has 8 atom stereocenters. The number of phosphoric acid groups is 3. The van der Waals surface area contributed by atoms with E-state index in [4.69, 9.17) is 10.5 Å². The zero-order valence-electron chi connectivity index (χ0n) is 32.8. The number of carbonyl (C=O) groups is 5. The van der Waals surface area contributed by atoms with E-state index in [2.05, 4.69) is 43.5 Å². The number of aliphatic hydroxyl groups excluding tert-OH is 2. The van der Waals surface area contributed by atoms with Crippen LogP contribution in [-0.2, 0) is 55.5 Å². The third-order valence-electron chi connectivity index (χ3n) is 8.75. The Labute approximate surface area is 360 Å². The number of fused-ring (bicyclic) bond motifs is 1. The summed E-state index contributed by atoms with van der Waals surface area (Å²) in [5.74, 6) is -5.68. The molecular weight excluding hydrogens is 927 g/mol. The number of nitrogens with one attached hydrogen (secondary N) is 2. The number of rotatable bonds is 24. The first-order chi connectivity index (χ1) is 29.3. The molecule has 27 nitrogen and oxygen atoms in total. The molecule has 0 aliphatic carbocycles. The Hall–Kier alpha value is -4.08. The smallest absolute Gasteiger partial charge is 0.274 e. The van der Waals surface area contributed by atoms with Crippen LogP contribution in [0.4, 0.5) is 5.82 Å². The van der Waals surface area contributed by atoms with Crippen molar-refractivity contribution in [3.05, 3.63) is 48.5 Å². The van der Waals surface area contributed by atoms with Crippen LogP contribution in [-0.4, -0.2) is 115 Å². The molecule has 1 saturated heterocycles. The monoisotopic (exact) mass is 966 g/mol. The third kappa shape index (κ3) is 15.0. The number of amides is 2. The van der Waals surface area contributed by atoms with Gasteiger partial charge in [0, 0.05) is 48.6 Å². The molecule has 3 heterocycles. The first-order valence-corrected chi connectivity index (χ1v) is 23.5. The fraction of sp³-hybridized carbons (Fsp3) is 0.500. The predicted octanol–water partition coefficient (Wildman–Crippen LogP) is -4.22. The molecule has 31 heteroatoms. The first kappa shape index (κ1) is 51.6. The zero-order chi connectivity index (χ0) is 46.9. The second-order valence-corrected chi connectivity index (χ2v) is 19.2. The summed E-state index contributed by atoms with van der Waals surface area (Å²) in [6.07, 6.45) is -8.81. The number of phosphoric ester groups is 3. The predicted molar refractivity (Wildman–Crippen MR) is 202 cm³/mol. The van der Waals surface area contributed by atoms with E-state index in [9.17, 15) is 72.6 Å². The number of hydrogen-bond acceptors (Lipinski definition) is 25. The van der Waals surface area contributed by atoms with E-state index in [1.54, 1.807) is 18.2 Å². The number of hydrogen-bond donors (Lipinski definition) is 5. The van der Waals surface area contributed by atoms with Crippen LogP contribution in [0.15, 0.2) is 43.0 Å². The maximum Gasteiger partial charge on any atom is 0.274 e. The van der Waals surface area contributed by atoms with Crippen molar-refractivity contribution in [1.29, 1.82) is 0 Å². The topological polar surface area (TPSA) is 432 Å². The highest BCUT2D eigenvalue weighted by Crippen LogP contribution is 2.56. The molecule has 6 N–H and O–H groups in total. The number of carboxylic acids is 1.